The summed E-state index contributed by atoms with van der Waals surface area (Å²) in [6.07, 6.45) is 1.41. The SMILES string of the molecule is CC1Cc2ccccc2N1CCC(=O)Nc1c(Cl)cccc1Cl. The van der Waals surface area contributed by atoms with E-state index >= 15 is 0 Å². The number of hydrogen-bond acceptors (Lipinski definition) is 2. The van der Waals surface area contributed by atoms with E-state index in [2.05, 4.69) is 35.3 Å². The standard InChI is InChI=1S/C18H18Cl2N2O/c1-12-11-13-5-2-3-8-16(13)22(12)10-9-17(23)21-18-14(19)6-4-7-15(18)20/h2-8,12H,9-11H2,1H3,(H,21,23). The Kier molecular flexibility index (Phi) is 4.79. The van der Waals surface area contributed by atoms with Crippen molar-refractivity contribution >= 4 is 40.5 Å². The van der Waals surface area contributed by atoms with Crippen LogP contribution in [0.3, 0.4) is 0 Å². The van der Waals surface area contributed by atoms with E-state index < -0.39 is 0 Å². The van der Waals surface area contributed by atoms with Crippen LogP contribution in [0.25, 0.3) is 0 Å². The molecule has 2 aromatic rings. The van der Waals surface area contributed by atoms with Crippen LogP contribution in [0, 0.1) is 0 Å². The first-order chi connectivity index (χ1) is 11.1. The van der Waals surface area contributed by atoms with Gasteiger partial charge in [0, 0.05) is 24.7 Å². The predicted molar refractivity (Wildman–Crippen MR) is 96.7 cm³/mol. The maximum absolute atomic E-state index is 12.2. The van der Waals surface area contributed by atoms with Crippen LogP contribution in [-0.4, -0.2) is 18.5 Å². The van der Waals surface area contributed by atoms with E-state index in [-0.39, 0.29) is 5.91 Å². The summed E-state index contributed by atoms with van der Waals surface area (Å²) in [5.74, 6) is -0.0865. The van der Waals surface area contributed by atoms with Gasteiger partial charge in [-0.25, -0.2) is 0 Å². The topological polar surface area (TPSA) is 32.3 Å². The number of nitrogens with one attached hydrogen (secondary N) is 1. The minimum Gasteiger partial charge on any atom is -0.368 e. The molecule has 3 rings (SSSR count). The van der Waals surface area contributed by atoms with Crippen LogP contribution in [-0.2, 0) is 11.2 Å². The number of para-hydroxylation sites is 2. The molecule has 0 fully saturated rings. The van der Waals surface area contributed by atoms with Gasteiger partial charge in [0.05, 0.1) is 15.7 Å². The smallest absolute Gasteiger partial charge is 0.226 e. The Labute approximate surface area is 146 Å². The van der Waals surface area contributed by atoms with E-state index in [0.717, 1.165) is 6.42 Å². The Morgan fingerprint density at radius 3 is 2.61 bits per heavy atom. The lowest BCUT2D eigenvalue weighted by Gasteiger charge is -2.24. The summed E-state index contributed by atoms with van der Waals surface area (Å²) in [6, 6.07) is 13.9. The molecule has 1 atom stereocenters. The molecule has 0 spiro atoms. The van der Waals surface area contributed by atoms with Gasteiger partial charge in [-0.2, -0.15) is 0 Å². The van der Waals surface area contributed by atoms with Gasteiger partial charge in [-0.15, -0.1) is 0 Å². The molecule has 0 saturated heterocycles. The van der Waals surface area contributed by atoms with Gasteiger partial charge in [0.15, 0.2) is 0 Å². The minimum atomic E-state index is -0.0865. The third-order valence-corrected chi connectivity index (χ3v) is 4.79. The molecular weight excluding hydrogens is 331 g/mol. The number of anilines is 2. The van der Waals surface area contributed by atoms with Gasteiger partial charge in [0.25, 0.3) is 0 Å². The van der Waals surface area contributed by atoms with E-state index in [9.17, 15) is 4.79 Å². The molecule has 1 amide bonds. The van der Waals surface area contributed by atoms with Gasteiger partial charge in [-0.05, 0) is 37.1 Å². The molecule has 1 N–H and O–H groups in total. The molecule has 0 radical (unpaired) electrons. The van der Waals surface area contributed by atoms with Crippen LogP contribution in [0.5, 0.6) is 0 Å². The number of benzene rings is 2. The summed E-state index contributed by atoms with van der Waals surface area (Å²) in [4.78, 5) is 14.5. The van der Waals surface area contributed by atoms with E-state index in [0.29, 0.717) is 34.7 Å². The molecule has 120 valence electrons. The summed E-state index contributed by atoms with van der Waals surface area (Å²) in [5, 5.41) is 3.71. The van der Waals surface area contributed by atoms with Crippen molar-refractivity contribution in [3.63, 3.8) is 0 Å². The van der Waals surface area contributed by atoms with Crippen LogP contribution in [0.1, 0.15) is 18.9 Å². The quantitative estimate of drug-likeness (QED) is 0.862. The number of rotatable bonds is 4. The first-order valence-electron chi connectivity index (χ1n) is 7.64. The number of hydrogen-bond donors (Lipinski definition) is 1. The first-order valence-corrected chi connectivity index (χ1v) is 8.40. The molecule has 3 nitrogen and oxygen atoms in total. The predicted octanol–water partition coefficient (Wildman–Crippen LogP) is 4.77. The lowest BCUT2D eigenvalue weighted by Crippen LogP contribution is -2.32. The fourth-order valence-electron chi connectivity index (χ4n) is 3.01. The highest BCUT2D eigenvalue weighted by atomic mass is 35.5. The third-order valence-electron chi connectivity index (χ3n) is 4.16. The Morgan fingerprint density at radius 2 is 1.87 bits per heavy atom. The summed E-state index contributed by atoms with van der Waals surface area (Å²) >= 11 is 12.2. The lowest BCUT2D eigenvalue weighted by molar-refractivity contribution is -0.116. The van der Waals surface area contributed by atoms with Crippen molar-refractivity contribution in [3.05, 3.63) is 58.1 Å². The normalized spacial score (nSPS) is 16.3. The zero-order valence-corrected chi connectivity index (χ0v) is 14.4. The molecule has 0 saturated carbocycles. The zero-order chi connectivity index (χ0) is 16.4. The van der Waals surface area contributed by atoms with Gasteiger partial charge in [0.1, 0.15) is 0 Å². The number of carbonyl (C=O) groups is 1. The first kappa shape index (κ1) is 16.2. The summed E-state index contributed by atoms with van der Waals surface area (Å²) < 4.78 is 0. The number of nitrogens with zero attached hydrogens (tertiary/aromatic N) is 1. The van der Waals surface area contributed by atoms with Crippen LogP contribution >= 0.6 is 23.2 Å². The minimum absolute atomic E-state index is 0.0865. The molecular formula is C18H18Cl2N2O. The monoisotopic (exact) mass is 348 g/mol. The number of fused-ring (bicyclic) bond motifs is 1. The van der Waals surface area contributed by atoms with Crippen LogP contribution in [0.15, 0.2) is 42.5 Å². The van der Waals surface area contributed by atoms with Crippen molar-refractivity contribution in [2.45, 2.75) is 25.8 Å². The highest BCUT2D eigenvalue weighted by Gasteiger charge is 2.25. The summed E-state index contributed by atoms with van der Waals surface area (Å²) in [7, 11) is 0. The molecule has 0 aromatic heterocycles. The molecule has 0 aliphatic carbocycles. The van der Waals surface area contributed by atoms with Crippen molar-refractivity contribution in [2.75, 3.05) is 16.8 Å². The maximum Gasteiger partial charge on any atom is 0.226 e. The molecule has 1 unspecified atom stereocenters. The third kappa shape index (κ3) is 3.46. The molecule has 1 aliphatic rings. The molecule has 5 heteroatoms. The van der Waals surface area contributed by atoms with Gasteiger partial charge in [-0.1, -0.05) is 47.5 Å². The zero-order valence-electron chi connectivity index (χ0n) is 12.9. The van der Waals surface area contributed by atoms with Crippen LogP contribution < -0.4 is 10.2 Å². The van der Waals surface area contributed by atoms with Crippen molar-refractivity contribution < 1.29 is 4.79 Å². The van der Waals surface area contributed by atoms with Gasteiger partial charge in [0.2, 0.25) is 5.91 Å². The molecule has 2 aromatic carbocycles. The summed E-state index contributed by atoms with van der Waals surface area (Å²) in [5.41, 5.74) is 3.05. The average Bonchev–Trinajstić information content (AvgIpc) is 2.84. The number of amides is 1. The molecule has 1 heterocycles. The maximum atomic E-state index is 12.2. The average molecular weight is 349 g/mol. The van der Waals surface area contributed by atoms with Gasteiger partial charge in [-0.3, -0.25) is 4.79 Å². The highest BCUT2D eigenvalue weighted by molar-refractivity contribution is 6.39. The van der Waals surface area contributed by atoms with Gasteiger partial charge >= 0.3 is 0 Å². The fourth-order valence-corrected chi connectivity index (χ4v) is 3.50. The van der Waals surface area contributed by atoms with Crippen molar-refractivity contribution in [1.29, 1.82) is 0 Å². The second-order valence-electron chi connectivity index (χ2n) is 5.77. The summed E-state index contributed by atoms with van der Waals surface area (Å²) in [6.45, 7) is 2.86. The Hall–Kier alpha value is -1.71. The van der Waals surface area contributed by atoms with Crippen molar-refractivity contribution in [1.82, 2.24) is 0 Å². The number of halogens is 2. The Morgan fingerprint density at radius 1 is 1.17 bits per heavy atom. The molecule has 1 aliphatic heterocycles. The van der Waals surface area contributed by atoms with E-state index in [4.69, 9.17) is 23.2 Å². The second-order valence-corrected chi connectivity index (χ2v) is 6.58. The van der Waals surface area contributed by atoms with E-state index in [1.807, 2.05) is 6.07 Å². The van der Waals surface area contributed by atoms with Crippen molar-refractivity contribution in [3.8, 4) is 0 Å². The lowest BCUT2D eigenvalue weighted by atomic mass is 10.1. The van der Waals surface area contributed by atoms with Gasteiger partial charge < -0.3 is 10.2 Å². The fraction of sp³-hybridized carbons (Fsp3) is 0.278. The van der Waals surface area contributed by atoms with Crippen LogP contribution in [0.2, 0.25) is 10.0 Å². The second kappa shape index (κ2) is 6.81. The van der Waals surface area contributed by atoms with Crippen LogP contribution in [0.4, 0.5) is 11.4 Å². The highest BCUT2D eigenvalue weighted by Crippen LogP contribution is 2.32. The molecule has 23 heavy (non-hydrogen) atoms. The van der Waals surface area contributed by atoms with E-state index in [1.54, 1.807) is 18.2 Å². The largest absolute Gasteiger partial charge is 0.368 e. The van der Waals surface area contributed by atoms with Crippen molar-refractivity contribution in [2.24, 2.45) is 0 Å². The Bertz CT molecular complexity index is 712. The van der Waals surface area contributed by atoms with E-state index in [1.165, 1.54) is 11.3 Å². The molecule has 0 bridgehead atoms. The Balaban J connectivity index is 1.64. The number of carbonyl (C=O) groups excluding carboxylic acids is 1.